The normalized spacial score (nSPS) is 17.6. The highest BCUT2D eigenvalue weighted by atomic mass is 32.2. The first-order valence-corrected chi connectivity index (χ1v) is 12.9. The van der Waals surface area contributed by atoms with Crippen LogP contribution in [0.2, 0.25) is 0 Å². The number of morpholine rings is 1. The van der Waals surface area contributed by atoms with Gasteiger partial charge in [0, 0.05) is 13.1 Å². The Labute approximate surface area is 225 Å². The maximum atomic E-state index is 12.6. The number of thioether (sulfide) groups is 1. The van der Waals surface area contributed by atoms with E-state index in [1.807, 2.05) is 0 Å². The van der Waals surface area contributed by atoms with Crippen LogP contribution in [0.5, 0.6) is 11.5 Å². The van der Waals surface area contributed by atoms with Crippen molar-refractivity contribution in [3.63, 3.8) is 0 Å². The van der Waals surface area contributed by atoms with E-state index in [1.165, 1.54) is 18.9 Å². The molecular weight excluding hydrogens is 510 g/mol. The molecule has 4 rings (SSSR count). The number of nitrogens with zero attached hydrogens (tertiary/aromatic N) is 2. The maximum absolute atomic E-state index is 12.6. The highest BCUT2D eigenvalue weighted by Crippen LogP contribution is 2.32. The predicted octanol–water partition coefficient (Wildman–Crippen LogP) is 3.39. The van der Waals surface area contributed by atoms with Crippen LogP contribution in [0, 0.1) is 0 Å². The lowest BCUT2D eigenvalue weighted by Crippen LogP contribution is -2.43. The number of methoxy groups -OCH3 is 1. The van der Waals surface area contributed by atoms with Gasteiger partial charge in [0.15, 0.2) is 23.3 Å². The van der Waals surface area contributed by atoms with Gasteiger partial charge in [-0.25, -0.2) is 9.79 Å². The Morgan fingerprint density at radius 1 is 1.16 bits per heavy atom. The second kappa shape index (κ2) is 12.6. The first-order valence-electron chi connectivity index (χ1n) is 12.1. The third-order valence-electron chi connectivity index (χ3n) is 5.51. The van der Waals surface area contributed by atoms with Gasteiger partial charge in [-0.3, -0.25) is 9.59 Å². The van der Waals surface area contributed by atoms with Crippen molar-refractivity contribution in [3.05, 3.63) is 58.5 Å². The standard InChI is InChI=1S/C27H29N3O7S/c1-17(2)37-26(33)19-5-4-6-20(15-19)28-27-29-25(32)23(38-27)14-18-7-8-21(22(13-18)34-3)36-16-24(31)30-9-11-35-12-10-30/h4-8,13-15,17H,9-12,16H2,1-3H3,(H,28,29,32). The van der Waals surface area contributed by atoms with Crippen LogP contribution in [0.1, 0.15) is 29.8 Å². The predicted molar refractivity (Wildman–Crippen MR) is 144 cm³/mol. The van der Waals surface area contributed by atoms with Crippen molar-refractivity contribution >= 4 is 46.5 Å². The number of nitrogens with one attached hydrogen (secondary N) is 1. The average Bonchev–Trinajstić information content (AvgIpc) is 3.25. The molecule has 11 heteroatoms. The van der Waals surface area contributed by atoms with Gasteiger partial charge in [-0.2, -0.15) is 0 Å². The van der Waals surface area contributed by atoms with Gasteiger partial charge in [0.05, 0.1) is 42.6 Å². The molecule has 0 unspecified atom stereocenters. The van der Waals surface area contributed by atoms with Crippen LogP contribution in [-0.4, -0.2) is 74.0 Å². The smallest absolute Gasteiger partial charge is 0.338 e. The largest absolute Gasteiger partial charge is 0.493 e. The summed E-state index contributed by atoms with van der Waals surface area (Å²) in [6.45, 7) is 5.60. The first kappa shape index (κ1) is 27.2. The van der Waals surface area contributed by atoms with Crippen molar-refractivity contribution in [2.75, 3.05) is 40.0 Å². The molecule has 0 aliphatic carbocycles. The number of carbonyl (C=O) groups excluding carboxylic acids is 3. The third kappa shape index (κ3) is 7.14. The summed E-state index contributed by atoms with van der Waals surface area (Å²) in [5.74, 6) is 0.0290. The molecule has 10 nitrogen and oxygen atoms in total. The summed E-state index contributed by atoms with van der Waals surface area (Å²) in [6.07, 6.45) is 1.48. The Balaban J connectivity index is 1.43. The minimum Gasteiger partial charge on any atom is -0.493 e. The average molecular weight is 540 g/mol. The number of aliphatic imine (C=N–C) groups is 1. The molecule has 2 aromatic carbocycles. The van der Waals surface area contributed by atoms with E-state index in [1.54, 1.807) is 67.3 Å². The van der Waals surface area contributed by atoms with Gasteiger partial charge >= 0.3 is 5.97 Å². The zero-order valence-corrected chi connectivity index (χ0v) is 22.2. The minimum absolute atomic E-state index is 0.106. The van der Waals surface area contributed by atoms with Crippen molar-refractivity contribution < 1.29 is 33.3 Å². The number of hydrogen-bond donors (Lipinski definition) is 1. The van der Waals surface area contributed by atoms with Gasteiger partial charge in [-0.15, -0.1) is 0 Å². The lowest BCUT2D eigenvalue weighted by molar-refractivity contribution is -0.137. The molecule has 2 amide bonds. The number of esters is 1. The highest BCUT2D eigenvalue weighted by molar-refractivity contribution is 8.18. The van der Waals surface area contributed by atoms with Gasteiger partial charge in [0.2, 0.25) is 0 Å². The number of benzene rings is 2. The highest BCUT2D eigenvalue weighted by Gasteiger charge is 2.24. The van der Waals surface area contributed by atoms with Gasteiger partial charge in [-0.05, 0) is 67.6 Å². The molecule has 0 spiro atoms. The minimum atomic E-state index is -0.433. The number of amidine groups is 1. The molecule has 2 aliphatic rings. The molecule has 2 aromatic rings. The molecule has 0 radical (unpaired) electrons. The number of amides is 2. The maximum Gasteiger partial charge on any atom is 0.338 e. The number of hydrogen-bond acceptors (Lipinski definition) is 9. The number of rotatable bonds is 8. The van der Waals surface area contributed by atoms with E-state index in [2.05, 4.69) is 10.3 Å². The number of carbonyl (C=O) groups is 3. The second-order valence-electron chi connectivity index (χ2n) is 8.68. The molecule has 2 fully saturated rings. The quantitative estimate of drug-likeness (QED) is 0.401. The van der Waals surface area contributed by atoms with Gasteiger partial charge in [0.25, 0.3) is 11.8 Å². The molecule has 0 atom stereocenters. The molecule has 0 bridgehead atoms. The van der Waals surface area contributed by atoms with Crippen LogP contribution in [0.25, 0.3) is 6.08 Å². The van der Waals surface area contributed by atoms with Crippen molar-refractivity contribution in [1.82, 2.24) is 10.2 Å². The van der Waals surface area contributed by atoms with E-state index >= 15 is 0 Å². The molecule has 38 heavy (non-hydrogen) atoms. The van der Waals surface area contributed by atoms with Crippen LogP contribution in [0.3, 0.4) is 0 Å². The zero-order chi connectivity index (χ0) is 27.1. The Morgan fingerprint density at radius 2 is 1.95 bits per heavy atom. The Morgan fingerprint density at radius 3 is 2.68 bits per heavy atom. The molecule has 2 aliphatic heterocycles. The van der Waals surface area contributed by atoms with Crippen molar-refractivity contribution in [3.8, 4) is 11.5 Å². The molecule has 2 saturated heterocycles. The Kier molecular flexibility index (Phi) is 9.03. The van der Waals surface area contributed by atoms with Crippen molar-refractivity contribution in [2.24, 2.45) is 4.99 Å². The van der Waals surface area contributed by atoms with E-state index in [4.69, 9.17) is 18.9 Å². The lowest BCUT2D eigenvalue weighted by Gasteiger charge is -2.26. The summed E-state index contributed by atoms with van der Waals surface area (Å²) in [5.41, 5.74) is 1.61. The zero-order valence-electron chi connectivity index (χ0n) is 21.4. The fourth-order valence-electron chi connectivity index (χ4n) is 3.67. The van der Waals surface area contributed by atoms with Crippen LogP contribution in [0.15, 0.2) is 52.4 Å². The number of ether oxygens (including phenoxy) is 4. The lowest BCUT2D eigenvalue weighted by atomic mass is 10.2. The van der Waals surface area contributed by atoms with Crippen LogP contribution in [0.4, 0.5) is 5.69 Å². The summed E-state index contributed by atoms with van der Waals surface area (Å²) in [7, 11) is 1.51. The van der Waals surface area contributed by atoms with Crippen LogP contribution in [-0.2, 0) is 19.1 Å². The topological polar surface area (TPSA) is 116 Å². The monoisotopic (exact) mass is 539 g/mol. The summed E-state index contributed by atoms with van der Waals surface area (Å²) in [5, 5.41) is 3.13. The molecule has 2 heterocycles. The first-order chi connectivity index (χ1) is 18.3. The molecule has 1 N–H and O–H groups in total. The van der Waals surface area contributed by atoms with Crippen molar-refractivity contribution in [1.29, 1.82) is 0 Å². The third-order valence-corrected chi connectivity index (χ3v) is 6.42. The fourth-order valence-corrected chi connectivity index (χ4v) is 4.51. The van der Waals surface area contributed by atoms with Crippen molar-refractivity contribution in [2.45, 2.75) is 20.0 Å². The van der Waals surface area contributed by atoms with E-state index in [-0.39, 0.29) is 24.5 Å². The van der Waals surface area contributed by atoms with E-state index in [0.717, 1.165) is 0 Å². The summed E-state index contributed by atoms with van der Waals surface area (Å²) >= 11 is 1.18. The summed E-state index contributed by atoms with van der Waals surface area (Å²) in [6, 6.07) is 11.9. The second-order valence-corrected chi connectivity index (χ2v) is 9.71. The Bertz CT molecular complexity index is 1270. The SMILES string of the molecule is COc1cc(C=C2SC(=Nc3cccc(C(=O)OC(C)C)c3)NC2=O)ccc1OCC(=O)N1CCOCC1. The summed E-state index contributed by atoms with van der Waals surface area (Å²) < 4.78 is 21.6. The van der Waals surface area contributed by atoms with Crippen LogP contribution >= 0.6 is 11.8 Å². The molecular formula is C27H29N3O7S. The molecule has 0 saturated carbocycles. The van der Waals surface area contributed by atoms with E-state index in [9.17, 15) is 14.4 Å². The van der Waals surface area contributed by atoms with Gasteiger partial charge in [0.1, 0.15) is 0 Å². The summed E-state index contributed by atoms with van der Waals surface area (Å²) in [4.78, 5) is 43.7. The van der Waals surface area contributed by atoms with E-state index < -0.39 is 5.97 Å². The Hall–Kier alpha value is -3.83. The molecule has 0 aromatic heterocycles. The van der Waals surface area contributed by atoms with Gasteiger partial charge < -0.3 is 29.2 Å². The van der Waals surface area contributed by atoms with Gasteiger partial charge in [-0.1, -0.05) is 12.1 Å². The van der Waals surface area contributed by atoms with Crippen LogP contribution < -0.4 is 14.8 Å². The van der Waals surface area contributed by atoms with E-state index in [0.29, 0.717) is 64.7 Å². The molecule has 200 valence electrons. The fraction of sp³-hybridized carbons (Fsp3) is 0.333.